The van der Waals surface area contributed by atoms with E-state index < -0.39 is 5.91 Å². The Morgan fingerprint density at radius 3 is 2.86 bits per heavy atom. The fourth-order valence-electron chi connectivity index (χ4n) is 2.52. The summed E-state index contributed by atoms with van der Waals surface area (Å²) in [7, 11) is 1.78. The molecule has 0 radical (unpaired) electrons. The summed E-state index contributed by atoms with van der Waals surface area (Å²) in [6.07, 6.45) is 6.51. The minimum Gasteiger partial charge on any atom is -0.365 e. The van der Waals surface area contributed by atoms with Crippen LogP contribution < -0.4 is 5.73 Å². The lowest BCUT2D eigenvalue weighted by molar-refractivity contribution is 0.0735. The minimum atomic E-state index is -0.484. The molecule has 0 aliphatic carbocycles. The fourth-order valence-corrected chi connectivity index (χ4v) is 3.44. The first kappa shape index (κ1) is 13.7. The van der Waals surface area contributed by atoms with E-state index in [0.29, 0.717) is 17.0 Å². The number of carbonyl (C=O) groups is 2. The van der Waals surface area contributed by atoms with Crippen molar-refractivity contribution < 1.29 is 9.59 Å². The summed E-state index contributed by atoms with van der Waals surface area (Å²) in [5, 5.41) is 4.79. The molecule has 1 aliphatic rings. The summed E-state index contributed by atoms with van der Waals surface area (Å²) >= 11 is 1.26. The van der Waals surface area contributed by atoms with E-state index in [-0.39, 0.29) is 11.9 Å². The van der Waals surface area contributed by atoms with Crippen LogP contribution in [0.25, 0.3) is 0 Å². The van der Waals surface area contributed by atoms with Gasteiger partial charge in [-0.25, -0.2) is 4.98 Å². The molecule has 1 saturated heterocycles. The highest BCUT2D eigenvalue weighted by Crippen LogP contribution is 2.35. The third-order valence-electron chi connectivity index (χ3n) is 3.52. The molecule has 0 unspecified atom stereocenters. The highest BCUT2D eigenvalue weighted by molar-refractivity contribution is 7.13. The molecule has 1 aliphatic heterocycles. The van der Waals surface area contributed by atoms with E-state index in [0.717, 1.165) is 17.8 Å². The predicted molar refractivity (Wildman–Crippen MR) is 76.9 cm³/mol. The van der Waals surface area contributed by atoms with Crippen LogP contribution in [0.3, 0.4) is 0 Å². The zero-order chi connectivity index (χ0) is 15.0. The van der Waals surface area contributed by atoms with Crippen molar-refractivity contribution in [3.8, 4) is 0 Å². The number of thiazole rings is 1. The van der Waals surface area contributed by atoms with Crippen molar-refractivity contribution in [1.82, 2.24) is 19.7 Å². The van der Waals surface area contributed by atoms with E-state index in [1.54, 1.807) is 29.0 Å². The second-order valence-corrected chi connectivity index (χ2v) is 6.05. The van der Waals surface area contributed by atoms with Crippen molar-refractivity contribution in [3.05, 3.63) is 34.0 Å². The van der Waals surface area contributed by atoms with Gasteiger partial charge >= 0.3 is 0 Å². The van der Waals surface area contributed by atoms with E-state index in [1.807, 2.05) is 0 Å². The van der Waals surface area contributed by atoms with E-state index in [1.165, 1.54) is 17.5 Å². The molecule has 0 aromatic carbocycles. The van der Waals surface area contributed by atoms with E-state index in [2.05, 4.69) is 10.1 Å². The quantitative estimate of drug-likeness (QED) is 0.913. The number of aryl methyl sites for hydroxylation is 1. The highest BCUT2D eigenvalue weighted by atomic mass is 32.1. The van der Waals surface area contributed by atoms with Crippen molar-refractivity contribution in [2.24, 2.45) is 12.8 Å². The summed E-state index contributed by atoms with van der Waals surface area (Å²) in [6, 6.07) is -0.0872. The number of hydrogen-bond acceptors (Lipinski definition) is 5. The van der Waals surface area contributed by atoms with Gasteiger partial charge in [-0.3, -0.25) is 14.3 Å². The lowest BCUT2D eigenvalue weighted by atomic mass is 10.2. The molecule has 0 saturated carbocycles. The van der Waals surface area contributed by atoms with Crippen LogP contribution in [0.2, 0.25) is 0 Å². The molecule has 110 valence electrons. The summed E-state index contributed by atoms with van der Waals surface area (Å²) in [6.45, 7) is 0.684. The molecule has 3 heterocycles. The van der Waals surface area contributed by atoms with Gasteiger partial charge in [-0.05, 0) is 12.8 Å². The molecule has 7 nitrogen and oxygen atoms in total. The largest absolute Gasteiger partial charge is 0.365 e. The lowest BCUT2D eigenvalue weighted by Gasteiger charge is -2.22. The van der Waals surface area contributed by atoms with Crippen molar-refractivity contribution in [2.75, 3.05) is 6.54 Å². The Kier molecular flexibility index (Phi) is 3.46. The van der Waals surface area contributed by atoms with Crippen molar-refractivity contribution >= 4 is 23.2 Å². The van der Waals surface area contributed by atoms with Crippen LogP contribution in [-0.4, -0.2) is 38.0 Å². The molecule has 21 heavy (non-hydrogen) atoms. The van der Waals surface area contributed by atoms with E-state index >= 15 is 0 Å². The molecular weight excluding hydrogens is 290 g/mol. The van der Waals surface area contributed by atoms with Gasteiger partial charge in [-0.2, -0.15) is 5.10 Å². The Balaban J connectivity index is 1.84. The van der Waals surface area contributed by atoms with Crippen molar-refractivity contribution in [2.45, 2.75) is 18.9 Å². The van der Waals surface area contributed by atoms with Crippen LogP contribution in [0.4, 0.5) is 0 Å². The van der Waals surface area contributed by atoms with Gasteiger partial charge < -0.3 is 10.6 Å². The van der Waals surface area contributed by atoms with Gasteiger partial charge in [-0.15, -0.1) is 11.3 Å². The van der Waals surface area contributed by atoms with Crippen LogP contribution in [0.5, 0.6) is 0 Å². The Morgan fingerprint density at radius 2 is 2.24 bits per heavy atom. The molecule has 0 bridgehead atoms. The lowest BCUT2D eigenvalue weighted by Crippen LogP contribution is -2.30. The average molecular weight is 305 g/mol. The number of aromatic nitrogens is 3. The molecule has 2 aromatic heterocycles. The highest BCUT2D eigenvalue weighted by Gasteiger charge is 2.33. The number of primary amides is 1. The Labute approximate surface area is 125 Å². The second kappa shape index (κ2) is 5.28. The van der Waals surface area contributed by atoms with Gasteiger partial charge in [0.2, 0.25) is 0 Å². The van der Waals surface area contributed by atoms with Crippen molar-refractivity contribution in [1.29, 1.82) is 0 Å². The van der Waals surface area contributed by atoms with Crippen LogP contribution >= 0.6 is 11.3 Å². The maximum atomic E-state index is 12.5. The Bertz CT molecular complexity index is 692. The van der Waals surface area contributed by atoms with Crippen LogP contribution in [0.15, 0.2) is 18.6 Å². The molecule has 2 aromatic rings. The third kappa shape index (κ3) is 2.54. The number of carbonyl (C=O) groups excluding carboxylic acids is 2. The normalized spacial score (nSPS) is 18.1. The van der Waals surface area contributed by atoms with Gasteiger partial charge in [-0.1, -0.05) is 0 Å². The van der Waals surface area contributed by atoms with Crippen LogP contribution in [-0.2, 0) is 7.05 Å². The molecule has 3 rings (SSSR count). The van der Waals surface area contributed by atoms with E-state index in [9.17, 15) is 9.59 Å². The van der Waals surface area contributed by atoms with E-state index in [4.69, 9.17) is 5.73 Å². The second-order valence-electron chi connectivity index (χ2n) is 4.99. The number of nitrogens with two attached hydrogens (primary N) is 1. The zero-order valence-corrected chi connectivity index (χ0v) is 12.3. The van der Waals surface area contributed by atoms with Gasteiger partial charge in [0.25, 0.3) is 11.8 Å². The van der Waals surface area contributed by atoms with Crippen molar-refractivity contribution in [3.63, 3.8) is 0 Å². The molecule has 1 atom stereocenters. The summed E-state index contributed by atoms with van der Waals surface area (Å²) in [4.78, 5) is 30.2. The number of nitrogens with zero attached hydrogens (tertiary/aromatic N) is 4. The maximum absolute atomic E-state index is 12.5. The minimum absolute atomic E-state index is 0.0542. The first-order chi connectivity index (χ1) is 10.1. The Hall–Kier alpha value is -2.22. The van der Waals surface area contributed by atoms with Gasteiger partial charge in [0, 0.05) is 19.8 Å². The number of rotatable bonds is 3. The van der Waals surface area contributed by atoms with Gasteiger partial charge in [0.05, 0.1) is 24.0 Å². The molecule has 0 spiro atoms. The van der Waals surface area contributed by atoms with Gasteiger partial charge in [0.15, 0.2) is 0 Å². The monoisotopic (exact) mass is 305 g/mol. The first-order valence-electron chi connectivity index (χ1n) is 6.61. The molecule has 8 heteroatoms. The molecule has 1 fully saturated rings. The molecular formula is C13H15N5O2S. The molecule has 2 N–H and O–H groups in total. The molecule has 2 amide bonds. The maximum Gasteiger partial charge on any atom is 0.260 e. The standard InChI is InChI=1S/C13H15N5O2S/c1-17-7-8(5-16-17)13(20)18-4-2-3-9(18)12-15-6-10(21-12)11(14)19/h5-7,9H,2-4H2,1H3,(H2,14,19)/t9-/m1/s1. The smallest absolute Gasteiger partial charge is 0.260 e. The fraction of sp³-hybridized carbons (Fsp3) is 0.385. The predicted octanol–water partition coefficient (Wildman–Crippen LogP) is 0.953. The first-order valence-corrected chi connectivity index (χ1v) is 7.43. The number of amides is 2. The van der Waals surface area contributed by atoms with Crippen LogP contribution in [0, 0.1) is 0 Å². The summed E-state index contributed by atoms with van der Waals surface area (Å²) in [5.74, 6) is -0.539. The SMILES string of the molecule is Cn1cc(C(=O)N2CCC[C@@H]2c2ncc(C(N)=O)s2)cn1. The third-order valence-corrected chi connectivity index (χ3v) is 4.63. The van der Waals surface area contributed by atoms with Crippen LogP contribution in [0.1, 0.15) is 43.9 Å². The summed E-state index contributed by atoms with van der Waals surface area (Å²) < 4.78 is 1.60. The Morgan fingerprint density at radius 1 is 1.43 bits per heavy atom. The average Bonchev–Trinajstić information content (AvgIpc) is 3.17. The topological polar surface area (TPSA) is 94.1 Å². The number of hydrogen-bond donors (Lipinski definition) is 1. The zero-order valence-electron chi connectivity index (χ0n) is 11.5. The van der Waals surface area contributed by atoms with Gasteiger partial charge in [0.1, 0.15) is 9.88 Å². The number of likely N-dealkylation sites (tertiary alicyclic amines) is 1. The summed E-state index contributed by atoms with van der Waals surface area (Å²) in [5.41, 5.74) is 5.82.